The van der Waals surface area contributed by atoms with E-state index in [1.54, 1.807) is 24.3 Å². The van der Waals surface area contributed by atoms with Crippen LogP contribution in [0.5, 0.6) is 0 Å². The molecule has 2 aromatic rings. The Labute approximate surface area is 172 Å². The van der Waals surface area contributed by atoms with Crippen LogP contribution >= 0.6 is 27.7 Å². The third kappa shape index (κ3) is 5.57. The van der Waals surface area contributed by atoms with Gasteiger partial charge in [0.25, 0.3) is 0 Å². The monoisotopic (exact) mass is 468 g/mol. The Morgan fingerprint density at radius 2 is 1.67 bits per heavy atom. The molecule has 1 N–H and O–H groups in total. The van der Waals surface area contributed by atoms with E-state index in [-0.39, 0.29) is 10.8 Å². The second kappa shape index (κ2) is 9.23. The average molecular weight is 469 g/mol. The van der Waals surface area contributed by atoms with Gasteiger partial charge in [0.1, 0.15) is 0 Å². The molecule has 0 unspecified atom stereocenters. The first-order chi connectivity index (χ1) is 12.9. The van der Waals surface area contributed by atoms with Crippen LogP contribution in [-0.2, 0) is 20.6 Å². The molecule has 0 atom stereocenters. The Kier molecular flexibility index (Phi) is 6.97. The first-order valence-corrected chi connectivity index (χ1v) is 12.1. The summed E-state index contributed by atoms with van der Waals surface area (Å²) in [6, 6.07) is 14.4. The Morgan fingerprint density at radius 3 is 2.30 bits per heavy atom. The van der Waals surface area contributed by atoms with E-state index in [0.717, 1.165) is 28.6 Å². The summed E-state index contributed by atoms with van der Waals surface area (Å²) >= 11 is 4.93. The molecule has 5 nitrogen and oxygen atoms in total. The van der Waals surface area contributed by atoms with Crippen molar-refractivity contribution in [3.63, 3.8) is 0 Å². The SMILES string of the molecule is O=C(CSCc1ccc(Br)cc1)Nc1ccc(S(=O)(=O)N2CCCC2)cc1. The van der Waals surface area contributed by atoms with E-state index in [1.165, 1.54) is 16.1 Å². The smallest absolute Gasteiger partial charge is 0.243 e. The topological polar surface area (TPSA) is 66.5 Å². The van der Waals surface area contributed by atoms with E-state index in [1.807, 2.05) is 24.3 Å². The van der Waals surface area contributed by atoms with Gasteiger partial charge >= 0.3 is 0 Å². The molecule has 1 aliphatic rings. The fourth-order valence-corrected chi connectivity index (χ4v) is 5.40. The van der Waals surface area contributed by atoms with E-state index in [9.17, 15) is 13.2 Å². The molecule has 144 valence electrons. The van der Waals surface area contributed by atoms with E-state index in [0.29, 0.717) is 24.5 Å². The molecule has 8 heteroatoms. The van der Waals surface area contributed by atoms with Gasteiger partial charge in [0.15, 0.2) is 0 Å². The van der Waals surface area contributed by atoms with Gasteiger partial charge in [-0.25, -0.2) is 8.42 Å². The second-order valence-corrected chi connectivity index (χ2v) is 10.1. The summed E-state index contributed by atoms with van der Waals surface area (Å²) in [7, 11) is -3.42. The number of carbonyl (C=O) groups excluding carboxylic acids is 1. The first-order valence-electron chi connectivity index (χ1n) is 8.67. The van der Waals surface area contributed by atoms with Crippen LogP contribution in [0, 0.1) is 0 Å². The molecule has 27 heavy (non-hydrogen) atoms. The van der Waals surface area contributed by atoms with Crippen molar-refractivity contribution in [2.24, 2.45) is 0 Å². The molecule has 1 heterocycles. The normalized spacial score (nSPS) is 15.0. The van der Waals surface area contributed by atoms with Crippen LogP contribution in [0.4, 0.5) is 5.69 Å². The quantitative estimate of drug-likeness (QED) is 0.663. The third-order valence-electron chi connectivity index (χ3n) is 4.26. The summed E-state index contributed by atoms with van der Waals surface area (Å²) in [5.74, 6) is 0.990. The molecule has 1 saturated heterocycles. The molecule has 1 aliphatic heterocycles. The lowest BCUT2D eigenvalue weighted by atomic mass is 10.2. The van der Waals surface area contributed by atoms with Crippen molar-refractivity contribution in [1.29, 1.82) is 0 Å². The molecule has 0 saturated carbocycles. The lowest BCUT2D eigenvalue weighted by molar-refractivity contribution is -0.113. The Morgan fingerprint density at radius 1 is 1.04 bits per heavy atom. The molecular formula is C19H21BrN2O3S2. The molecule has 0 radical (unpaired) electrons. The minimum absolute atomic E-state index is 0.104. The standard InChI is InChI=1S/C19H21BrN2O3S2/c20-16-5-3-15(4-6-16)13-26-14-19(23)21-17-7-9-18(10-8-17)27(24,25)22-11-1-2-12-22/h3-10H,1-2,11-14H2,(H,21,23). The maximum atomic E-state index is 12.5. The fourth-order valence-electron chi connectivity index (χ4n) is 2.83. The molecule has 0 aliphatic carbocycles. The van der Waals surface area contributed by atoms with Gasteiger partial charge in [0.05, 0.1) is 10.6 Å². The lowest BCUT2D eigenvalue weighted by Gasteiger charge is -2.15. The van der Waals surface area contributed by atoms with Crippen LogP contribution in [0.1, 0.15) is 18.4 Å². The van der Waals surface area contributed by atoms with Gasteiger partial charge in [-0.05, 0) is 54.8 Å². The number of halogens is 1. The van der Waals surface area contributed by atoms with Gasteiger partial charge < -0.3 is 5.32 Å². The Bertz CT molecular complexity index is 878. The predicted molar refractivity (Wildman–Crippen MR) is 113 cm³/mol. The van der Waals surface area contributed by atoms with Crippen LogP contribution in [-0.4, -0.2) is 37.5 Å². The van der Waals surface area contributed by atoms with E-state index < -0.39 is 10.0 Å². The van der Waals surface area contributed by atoms with Gasteiger partial charge in [-0.3, -0.25) is 4.79 Å². The Balaban J connectivity index is 1.50. The number of hydrogen-bond acceptors (Lipinski definition) is 4. The molecule has 2 aromatic carbocycles. The summed E-state index contributed by atoms with van der Waals surface area (Å²) in [4.78, 5) is 12.4. The summed E-state index contributed by atoms with van der Waals surface area (Å²) in [6.07, 6.45) is 1.82. The summed E-state index contributed by atoms with van der Waals surface area (Å²) < 4.78 is 27.5. The summed E-state index contributed by atoms with van der Waals surface area (Å²) in [6.45, 7) is 1.16. The average Bonchev–Trinajstić information content (AvgIpc) is 3.19. The number of rotatable bonds is 7. The highest BCUT2D eigenvalue weighted by Crippen LogP contribution is 2.22. The van der Waals surface area contributed by atoms with Crippen LogP contribution in [0.2, 0.25) is 0 Å². The largest absolute Gasteiger partial charge is 0.325 e. The number of hydrogen-bond donors (Lipinski definition) is 1. The molecule has 1 amide bonds. The number of amides is 1. The zero-order valence-corrected chi connectivity index (χ0v) is 17.9. The van der Waals surface area contributed by atoms with Crippen molar-refractivity contribution in [2.75, 3.05) is 24.2 Å². The van der Waals surface area contributed by atoms with Gasteiger partial charge in [0, 0.05) is 29.0 Å². The number of nitrogens with zero attached hydrogens (tertiary/aromatic N) is 1. The van der Waals surface area contributed by atoms with Crippen molar-refractivity contribution in [3.8, 4) is 0 Å². The first kappa shape index (κ1) is 20.4. The zero-order chi connectivity index (χ0) is 19.3. The maximum absolute atomic E-state index is 12.5. The number of anilines is 1. The highest BCUT2D eigenvalue weighted by molar-refractivity contribution is 9.10. The van der Waals surface area contributed by atoms with Crippen molar-refractivity contribution in [1.82, 2.24) is 4.31 Å². The summed E-state index contributed by atoms with van der Waals surface area (Å²) in [5.41, 5.74) is 1.76. The van der Waals surface area contributed by atoms with E-state index in [4.69, 9.17) is 0 Å². The molecule has 3 rings (SSSR count). The van der Waals surface area contributed by atoms with Gasteiger partial charge in [-0.15, -0.1) is 11.8 Å². The van der Waals surface area contributed by atoms with Crippen LogP contribution in [0.3, 0.4) is 0 Å². The number of benzene rings is 2. The van der Waals surface area contributed by atoms with Crippen molar-refractivity contribution in [3.05, 3.63) is 58.6 Å². The number of nitrogens with one attached hydrogen (secondary N) is 1. The number of carbonyl (C=O) groups is 1. The van der Waals surface area contributed by atoms with Crippen LogP contribution in [0.15, 0.2) is 57.9 Å². The molecule has 0 spiro atoms. The van der Waals surface area contributed by atoms with Crippen molar-refractivity contribution < 1.29 is 13.2 Å². The minimum Gasteiger partial charge on any atom is -0.325 e. The molecule has 0 bridgehead atoms. The molecule has 1 fully saturated rings. The van der Waals surface area contributed by atoms with Gasteiger partial charge in [0.2, 0.25) is 15.9 Å². The predicted octanol–water partition coefficient (Wildman–Crippen LogP) is 4.11. The number of sulfonamides is 1. The molecule has 0 aromatic heterocycles. The molecular weight excluding hydrogens is 448 g/mol. The van der Waals surface area contributed by atoms with E-state index >= 15 is 0 Å². The van der Waals surface area contributed by atoms with E-state index in [2.05, 4.69) is 21.2 Å². The lowest BCUT2D eigenvalue weighted by Crippen LogP contribution is -2.27. The van der Waals surface area contributed by atoms with Crippen molar-refractivity contribution >= 4 is 49.3 Å². The fraction of sp³-hybridized carbons (Fsp3) is 0.316. The van der Waals surface area contributed by atoms with Gasteiger partial charge in [-0.1, -0.05) is 28.1 Å². The van der Waals surface area contributed by atoms with Gasteiger partial charge in [-0.2, -0.15) is 4.31 Å². The maximum Gasteiger partial charge on any atom is 0.243 e. The second-order valence-electron chi connectivity index (χ2n) is 6.30. The van der Waals surface area contributed by atoms with Crippen molar-refractivity contribution in [2.45, 2.75) is 23.5 Å². The van der Waals surface area contributed by atoms with Crippen LogP contribution in [0.25, 0.3) is 0 Å². The highest BCUT2D eigenvalue weighted by atomic mass is 79.9. The summed E-state index contributed by atoms with van der Waals surface area (Å²) in [5, 5.41) is 2.81. The number of thioether (sulfide) groups is 1. The zero-order valence-electron chi connectivity index (χ0n) is 14.7. The Hall–Kier alpha value is -1.35. The third-order valence-corrected chi connectivity index (χ3v) is 7.70. The minimum atomic E-state index is -3.42. The highest BCUT2D eigenvalue weighted by Gasteiger charge is 2.26. The van der Waals surface area contributed by atoms with Crippen LogP contribution < -0.4 is 5.32 Å².